The molecule has 0 amide bonds. The van der Waals surface area contributed by atoms with Gasteiger partial charge in [0.05, 0.1) is 5.56 Å². The van der Waals surface area contributed by atoms with E-state index in [0.717, 1.165) is 18.5 Å². The molecule has 8 heteroatoms. The summed E-state index contributed by atoms with van der Waals surface area (Å²) < 4.78 is 42.5. The van der Waals surface area contributed by atoms with Gasteiger partial charge in [-0.15, -0.1) is 0 Å². The highest BCUT2D eigenvalue weighted by atomic mass is 19.4. The van der Waals surface area contributed by atoms with Crippen molar-refractivity contribution < 1.29 is 22.5 Å². The van der Waals surface area contributed by atoms with E-state index in [9.17, 15) is 18.0 Å². The quantitative estimate of drug-likeness (QED) is 0.690. The van der Waals surface area contributed by atoms with Crippen molar-refractivity contribution in [1.82, 2.24) is 15.1 Å². The van der Waals surface area contributed by atoms with Crippen molar-refractivity contribution in [1.29, 1.82) is 0 Å². The molecule has 23 heavy (non-hydrogen) atoms. The lowest BCUT2D eigenvalue weighted by molar-refractivity contribution is -0.137. The largest absolute Gasteiger partial charge is 0.416 e. The van der Waals surface area contributed by atoms with E-state index in [1.807, 2.05) is 0 Å². The topological polar surface area (TPSA) is 68.9 Å². The second kappa shape index (κ2) is 5.64. The van der Waals surface area contributed by atoms with Crippen molar-refractivity contribution in [3.63, 3.8) is 0 Å². The average Bonchev–Trinajstić information content (AvgIpc) is 3.08. The predicted molar refractivity (Wildman–Crippen MR) is 73.4 cm³/mol. The summed E-state index contributed by atoms with van der Waals surface area (Å²) in [4.78, 5) is 19.0. The number of hydrogen-bond donors (Lipinski definition) is 0. The van der Waals surface area contributed by atoms with E-state index in [-0.39, 0.29) is 11.5 Å². The van der Waals surface area contributed by atoms with Crippen LogP contribution >= 0.6 is 0 Å². The second-order valence-electron chi connectivity index (χ2n) is 4.60. The minimum absolute atomic E-state index is 0.108. The number of nitrogens with zero attached hydrogens (tertiary/aromatic N) is 3. The maximum atomic E-state index is 12.6. The maximum Gasteiger partial charge on any atom is 0.416 e. The molecule has 0 bridgehead atoms. The van der Waals surface area contributed by atoms with Crippen molar-refractivity contribution in [3.05, 3.63) is 54.2 Å². The van der Waals surface area contributed by atoms with Crippen LogP contribution in [-0.4, -0.2) is 21.4 Å². The van der Waals surface area contributed by atoms with Crippen molar-refractivity contribution in [3.8, 4) is 22.5 Å². The molecule has 0 fully saturated rings. The molecule has 0 aliphatic heterocycles. The van der Waals surface area contributed by atoms with Gasteiger partial charge in [0.1, 0.15) is 5.69 Å². The highest BCUT2D eigenvalue weighted by Crippen LogP contribution is 2.32. The van der Waals surface area contributed by atoms with Crippen molar-refractivity contribution in [2.24, 2.45) is 0 Å². The minimum Gasteiger partial charge on any atom is -0.342 e. The van der Waals surface area contributed by atoms with Crippen LogP contribution in [0.25, 0.3) is 22.5 Å². The number of pyridine rings is 1. The summed E-state index contributed by atoms with van der Waals surface area (Å²) in [7, 11) is 0. The SMILES string of the molecule is O=Cc1ncc(-c2ncon2)cc1-c1ccc(C(F)(F)F)cc1. The van der Waals surface area contributed by atoms with Crippen LogP contribution in [0.3, 0.4) is 0 Å². The molecule has 2 heterocycles. The Morgan fingerprint density at radius 2 is 1.78 bits per heavy atom. The molecule has 0 aliphatic carbocycles. The summed E-state index contributed by atoms with van der Waals surface area (Å²) in [5, 5.41) is 3.66. The molecule has 3 aromatic rings. The van der Waals surface area contributed by atoms with Crippen molar-refractivity contribution in [2.45, 2.75) is 6.18 Å². The van der Waals surface area contributed by atoms with E-state index in [2.05, 4.69) is 19.6 Å². The number of aromatic nitrogens is 3. The lowest BCUT2D eigenvalue weighted by atomic mass is 10.0. The van der Waals surface area contributed by atoms with Crippen LogP contribution in [0.1, 0.15) is 16.1 Å². The molecule has 0 radical (unpaired) electrons. The molecule has 5 nitrogen and oxygen atoms in total. The van der Waals surface area contributed by atoms with Gasteiger partial charge in [-0.3, -0.25) is 9.78 Å². The Morgan fingerprint density at radius 3 is 2.35 bits per heavy atom. The van der Waals surface area contributed by atoms with Crippen LogP contribution in [0, 0.1) is 0 Å². The Balaban J connectivity index is 2.07. The lowest BCUT2D eigenvalue weighted by Crippen LogP contribution is -2.04. The zero-order valence-corrected chi connectivity index (χ0v) is 11.4. The number of carbonyl (C=O) groups is 1. The molecule has 0 aliphatic rings. The van der Waals surface area contributed by atoms with E-state index in [4.69, 9.17) is 0 Å². The lowest BCUT2D eigenvalue weighted by Gasteiger charge is -2.09. The fourth-order valence-electron chi connectivity index (χ4n) is 2.06. The normalized spacial score (nSPS) is 11.4. The van der Waals surface area contributed by atoms with Gasteiger partial charge in [0.25, 0.3) is 0 Å². The van der Waals surface area contributed by atoms with Crippen LogP contribution in [0.4, 0.5) is 13.2 Å². The van der Waals surface area contributed by atoms with Gasteiger partial charge in [0.2, 0.25) is 12.2 Å². The van der Waals surface area contributed by atoms with Crippen molar-refractivity contribution >= 4 is 6.29 Å². The number of rotatable bonds is 3. The first kappa shape index (κ1) is 14.9. The molecule has 116 valence electrons. The first-order valence-corrected chi connectivity index (χ1v) is 6.38. The highest BCUT2D eigenvalue weighted by molar-refractivity contribution is 5.86. The molecule has 0 unspecified atom stereocenters. The van der Waals surface area contributed by atoms with Gasteiger partial charge in [0, 0.05) is 17.3 Å². The molecule has 0 saturated carbocycles. The van der Waals surface area contributed by atoms with Crippen LogP contribution < -0.4 is 0 Å². The van der Waals surface area contributed by atoms with Gasteiger partial charge in [-0.1, -0.05) is 17.3 Å². The third-order valence-electron chi connectivity index (χ3n) is 3.17. The van der Waals surface area contributed by atoms with E-state index >= 15 is 0 Å². The Bertz CT molecular complexity index is 828. The number of halogens is 3. The molecule has 0 spiro atoms. The Labute approximate surface area is 127 Å². The van der Waals surface area contributed by atoms with Crippen molar-refractivity contribution in [2.75, 3.05) is 0 Å². The van der Waals surface area contributed by atoms with Gasteiger partial charge >= 0.3 is 6.18 Å². The first-order chi connectivity index (χ1) is 11.0. The molecule has 2 aromatic heterocycles. The standard InChI is InChI=1S/C15H8F3N3O2/c16-15(17,18)11-3-1-9(2-4-11)12-5-10(6-19-13(12)7-22)14-20-8-23-21-14/h1-8H. The summed E-state index contributed by atoms with van der Waals surface area (Å²) in [6, 6.07) is 6.04. The van der Waals surface area contributed by atoms with E-state index in [0.29, 0.717) is 23.0 Å². The number of aldehydes is 1. The van der Waals surface area contributed by atoms with Crippen LogP contribution in [-0.2, 0) is 6.18 Å². The molecule has 3 rings (SSSR count). The third-order valence-corrected chi connectivity index (χ3v) is 3.17. The molecule has 0 saturated heterocycles. The number of alkyl halides is 3. The molecular weight excluding hydrogens is 311 g/mol. The zero-order chi connectivity index (χ0) is 16.4. The van der Waals surface area contributed by atoms with Gasteiger partial charge in [-0.25, -0.2) is 0 Å². The predicted octanol–water partition coefficient (Wildman–Crippen LogP) is 3.63. The van der Waals surface area contributed by atoms with Gasteiger partial charge in [-0.05, 0) is 23.8 Å². The van der Waals surface area contributed by atoms with Gasteiger partial charge in [-0.2, -0.15) is 18.2 Å². The molecule has 1 aromatic carbocycles. The van der Waals surface area contributed by atoms with Gasteiger partial charge in [0.15, 0.2) is 6.29 Å². The number of carbonyl (C=O) groups excluding carboxylic acids is 1. The summed E-state index contributed by atoms with van der Waals surface area (Å²) in [5.74, 6) is 0.267. The van der Waals surface area contributed by atoms with Crippen LogP contribution in [0.2, 0.25) is 0 Å². The molecule has 0 atom stereocenters. The smallest absolute Gasteiger partial charge is 0.342 e. The number of hydrogen-bond acceptors (Lipinski definition) is 5. The van der Waals surface area contributed by atoms with E-state index in [1.54, 1.807) is 6.07 Å². The van der Waals surface area contributed by atoms with Crippen LogP contribution in [0.15, 0.2) is 47.4 Å². The number of benzene rings is 1. The second-order valence-corrected chi connectivity index (χ2v) is 4.60. The van der Waals surface area contributed by atoms with E-state index < -0.39 is 11.7 Å². The van der Waals surface area contributed by atoms with Gasteiger partial charge < -0.3 is 4.52 Å². The summed E-state index contributed by atoms with van der Waals surface area (Å²) in [6.45, 7) is 0. The minimum atomic E-state index is -4.42. The summed E-state index contributed by atoms with van der Waals surface area (Å²) >= 11 is 0. The monoisotopic (exact) mass is 319 g/mol. The highest BCUT2D eigenvalue weighted by Gasteiger charge is 2.30. The Morgan fingerprint density at radius 1 is 1.04 bits per heavy atom. The van der Waals surface area contributed by atoms with Crippen LogP contribution in [0.5, 0.6) is 0 Å². The first-order valence-electron chi connectivity index (χ1n) is 6.38. The zero-order valence-electron chi connectivity index (χ0n) is 11.4. The molecule has 0 N–H and O–H groups in total. The third kappa shape index (κ3) is 2.96. The summed E-state index contributed by atoms with van der Waals surface area (Å²) in [5.41, 5.74) is 0.640. The molecular formula is C15H8F3N3O2. The maximum absolute atomic E-state index is 12.6. The van der Waals surface area contributed by atoms with E-state index in [1.165, 1.54) is 18.3 Å². The fraction of sp³-hybridized carbons (Fsp3) is 0.0667. The average molecular weight is 319 g/mol. The fourth-order valence-corrected chi connectivity index (χ4v) is 2.06. The Hall–Kier alpha value is -3.03. The summed E-state index contributed by atoms with van der Waals surface area (Å²) in [6.07, 6.45) is -1.35. The Kier molecular flexibility index (Phi) is 3.65.